The number of nitrogens with zero attached hydrogens (tertiary/aromatic N) is 3. The quantitative estimate of drug-likeness (QED) is 0.863. The summed E-state index contributed by atoms with van der Waals surface area (Å²) in [6.07, 6.45) is -1.30. The van der Waals surface area contributed by atoms with Crippen molar-refractivity contribution in [3.05, 3.63) is 53.9 Å². The lowest BCUT2D eigenvalue weighted by molar-refractivity contribution is -0.0452. The molecule has 7 heteroatoms. The van der Waals surface area contributed by atoms with E-state index in [1.54, 1.807) is 4.90 Å². The monoisotopic (exact) mass is 335 g/mol. The Morgan fingerprint density at radius 3 is 2.79 bits per heavy atom. The van der Waals surface area contributed by atoms with E-state index in [0.29, 0.717) is 13.2 Å². The lowest BCUT2D eigenvalue weighted by Crippen LogP contribution is -2.47. The van der Waals surface area contributed by atoms with Gasteiger partial charge in [-0.05, 0) is 18.6 Å². The predicted molar refractivity (Wildman–Crippen MR) is 83.9 cm³/mol. The van der Waals surface area contributed by atoms with Crippen LogP contribution in [0.2, 0.25) is 0 Å². The molecule has 1 aromatic carbocycles. The first-order chi connectivity index (χ1) is 11.6. The molecule has 5 nitrogen and oxygen atoms in total. The van der Waals surface area contributed by atoms with Crippen LogP contribution in [0, 0.1) is 0 Å². The molecule has 0 N–H and O–H groups in total. The van der Waals surface area contributed by atoms with Crippen molar-refractivity contribution < 1.29 is 18.3 Å². The fraction of sp³-hybridized carbons (Fsp3) is 0.412. The molecule has 2 aromatic rings. The number of hydrogen-bond acceptors (Lipinski definition) is 3. The topological polar surface area (TPSA) is 47.4 Å². The SMILES string of the molecule is C[C@@H]1CN(C(=O)c2ccnn2CC(F)F)[C@@H](c2ccccc2)CO1. The van der Waals surface area contributed by atoms with Gasteiger partial charge in [0.1, 0.15) is 12.2 Å². The molecule has 1 fully saturated rings. The van der Waals surface area contributed by atoms with Gasteiger partial charge in [0.15, 0.2) is 0 Å². The highest BCUT2D eigenvalue weighted by Crippen LogP contribution is 2.27. The highest BCUT2D eigenvalue weighted by molar-refractivity contribution is 5.93. The third-order valence-corrected chi connectivity index (χ3v) is 4.06. The molecule has 2 heterocycles. The summed E-state index contributed by atoms with van der Waals surface area (Å²) < 4.78 is 32.1. The van der Waals surface area contributed by atoms with E-state index in [-0.39, 0.29) is 23.7 Å². The number of morpholine rings is 1. The second-order valence-corrected chi connectivity index (χ2v) is 5.82. The zero-order valence-corrected chi connectivity index (χ0v) is 13.3. The Morgan fingerprint density at radius 2 is 2.08 bits per heavy atom. The van der Waals surface area contributed by atoms with Gasteiger partial charge in [-0.25, -0.2) is 8.78 Å². The van der Waals surface area contributed by atoms with Gasteiger partial charge in [-0.15, -0.1) is 0 Å². The van der Waals surface area contributed by atoms with E-state index in [1.807, 2.05) is 37.3 Å². The fourth-order valence-corrected chi connectivity index (χ4v) is 2.92. The first kappa shape index (κ1) is 16.6. The van der Waals surface area contributed by atoms with E-state index in [4.69, 9.17) is 4.74 Å². The van der Waals surface area contributed by atoms with Crippen molar-refractivity contribution in [2.24, 2.45) is 0 Å². The van der Waals surface area contributed by atoms with Crippen LogP contribution in [0.5, 0.6) is 0 Å². The Morgan fingerprint density at radius 1 is 1.33 bits per heavy atom. The Bertz CT molecular complexity index is 690. The van der Waals surface area contributed by atoms with E-state index in [1.165, 1.54) is 12.3 Å². The van der Waals surface area contributed by atoms with Crippen molar-refractivity contribution >= 4 is 5.91 Å². The van der Waals surface area contributed by atoms with Crippen molar-refractivity contribution in [2.75, 3.05) is 13.2 Å². The summed E-state index contributed by atoms with van der Waals surface area (Å²) in [4.78, 5) is 14.6. The van der Waals surface area contributed by atoms with Crippen LogP contribution in [0.4, 0.5) is 8.78 Å². The number of carbonyl (C=O) groups excluding carboxylic acids is 1. The molecule has 3 rings (SSSR count). The average Bonchev–Trinajstić information content (AvgIpc) is 3.02. The number of carbonyl (C=O) groups is 1. The summed E-state index contributed by atoms with van der Waals surface area (Å²) in [6.45, 7) is 2.07. The zero-order chi connectivity index (χ0) is 17.1. The van der Waals surface area contributed by atoms with E-state index in [0.717, 1.165) is 10.2 Å². The first-order valence-electron chi connectivity index (χ1n) is 7.83. The van der Waals surface area contributed by atoms with E-state index < -0.39 is 13.0 Å². The van der Waals surface area contributed by atoms with Crippen LogP contribution in [0.15, 0.2) is 42.6 Å². The number of benzene rings is 1. The summed E-state index contributed by atoms with van der Waals surface area (Å²) in [5.41, 5.74) is 1.13. The molecule has 128 valence electrons. The molecule has 0 aliphatic carbocycles. The fourth-order valence-electron chi connectivity index (χ4n) is 2.92. The van der Waals surface area contributed by atoms with E-state index in [9.17, 15) is 13.6 Å². The number of ether oxygens (including phenoxy) is 1. The van der Waals surface area contributed by atoms with Crippen molar-refractivity contribution in [3.8, 4) is 0 Å². The van der Waals surface area contributed by atoms with Gasteiger partial charge in [0, 0.05) is 12.7 Å². The Hall–Kier alpha value is -2.28. The number of amides is 1. The molecule has 1 amide bonds. The van der Waals surface area contributed by atoms with Crippen LogP contribution >= 0.6 is 0 Å². The molecule has 24 heavy (non-hydrogen) atoms. The van der Waals surface area contributed by atoms with E-state index in [2.05, 4.69) is 5.10 Å². The van der Waals surface area contributed by atoms with Crippen LogP contribution < -0.4 is 0 Å². The van der Waals surface area contributed by atoms with Crippen LogP contribution in [0.1, 0.15) is 29.0 Å². The van der Waals surface area contributed by atoms with Gasteiger partial charge in [0.05, 0.1) is 18.8 Å². The smallest absolute Gasteiger partial charge is 0.272 e. The third kappa shape index (κ3) is 3.46. The third-order valence-electron chi connectivity index (χ3n) is 4.06. The van der Waals surface area contributed by atoms with Crippen LogP contribution in [-0.2, 0) is 11.3 Å². The molecule has 0 bridgehead atoms. The van der Waals surface area contributed by atoms with Crippen molar-refractivity contribution in [2.45, 2.75) is 32.0 Å². The Balaban J connectivity index is 1.89. The van der Waals surface area contributed by atoms with Crippen molar-refractivity contribution in [1.82, 2.24) is 14.7 Å². The number of aromatic nitrogens is 2. The molecular formula is C17H19F2N3O2. The van der Waals surface area contributed by atoms with Gasteiger partial charge >= 0.3 is 0 Å². The van der Waals surface area contributed by atoms with Gasteiger partial charge < -0.3 is 9.64 Å². The van der Waals surface area contributed by atoms with Crippen LogP contribution in [-0.4, -0.2) is 46.3 Å². The second kappa shape index (κ2) is 7.09. The summed E-state index contributed by atoms with van der Waals surface area (Å²) in [6, 6.07) is 10.8. The predicted octanol–water partition coefficient (Wildman–Crippen LogP) is 2.75. The van der Waals surface area contributed by atoms with Crippen LogP contribution in [0.3, 0.4) is 0 Å². The molecule has 1 aromatic heterocycles. The minimum absolute atomic E-state index is 0.111. The minimum atomic E-state index is -2.56. The number of hydrogen-bond donors (Lipinski definition) is 0. The molecule has 1 saturated heterocycles. The van der Waals surface area contributed by atoms with Crippen molar-refractivity contribution in [1.29, 1.82) is 0 Å². The molecule has 0 unspecified atom stereocenters. The summed E-state index contributed by atoms with van der Waals surface area (Å²) in [5, 5.41) is 3.85. The summed E-state index contributed by atoms with van der Waals surface area (Å²) in [7, 11) is 0. The summed E-state index contributed by atoms with van der Waals surface area (Å²) in [5.74, 6) is -0.308. The largest absolute Gasteiger partial charge is 0.374 e. The maximum atomic E-state index is 13.0. The maximum Gasteiger partial charge on any atom is 0.272 e. The molecule has 0 radical (unpaired) electrons. The van der Waals surface area contributed by atoms with Gasteiger partial charge in [-0.1, -0.05) is 30.3 Å². The number of alkyl halides is 2. The Labute approximate surface area is 138 Å². The van der Waals surface area contributed by atoms with Crippen molar-refractivity contribution in [3.63, 3.8) is 0 Å². The minimum Gasteiger partial charge on any atom is -0.374 e. The second-order valence-electron chi connectivity index (χ2n) is 5.82. The maximum absolute atomic E-state index is 13.0. The lowest BCUT2D eigenvalue weighted by Gasteiger charge is -2.39. The standard InChI is InChI=1S/C17H19F2N3O2/c1-12-9-21(15(11-24-12)13-5-3-2-4-6-13)17(23)14-7-8-20-22(14)10-16(18)19/h2-8,12,15-16H,9-11H2,1H3/t12-,15-/m1/s1. The average molecular weight is 335 g/mol. The highest BCUT2D eigenvalue weighted by atomic mass is 19.3. The molecular weight excluding hydrogens is 316 g/mol. The molecule has 2 atom stereocenters. The summed E-state index contributed by atoms with van der Waals surface area (Å²) >= 11 is 0. The molecule has 1 aliphatic heterocycles. The molecule has 0 saturated carbocycles. The zero-order valence-electron chi connectivity index (χ0n) is 13.3. The normalized spacial score (nSPS) is 21.2. The number of halogens is 2. The van der Waals surface area contributed by atoms with Gasteiger partial charge in [-0.2, -0.15) is 5.10 Å². The van der Waals surface area contributed by atoms with Gasteiger partial charge in [0.2, 0.25) is 0 Å². The highest BCUT2D eigenvalue weighted by Gasteiger charge is 2.33. The van der Waals surface area contributed by atoms with Crippen LogP contribution in [0.25, 0.3) is 0 Å². The molecule has 1 aliphatic rings. The number of rotatable bonds is 4. The van der Waals surface area contributed by atoms with Gasteiger partial charge in [-0.3, -0.25) is 9.48 Å². The molecule has 0 spiro atoms. The van der Waals surface area contributed by atoms with E-state index >= 15 is 0 Å². The first-order valence-corrected chi connectivity index (χ1v) is 7.83. The lowest BCUT2D eigenvalue weighted by atomic mass is 10.0. The Kier molecular flexibility index (Phi) is 4.89. The van der Waals surface area contributed by atoms with Gasteiger partial charge in [0.25, 0.3) is 12.3 Å².